The van der Waals surface area contributed by atoms with E-state index in [1.807, 2.05) is 18.9 Å². The maximum absolute atomic E-state index is 13.3. The van der Waals surface area contributed by atoms with Crippen molar-refractivity contribution in [2.24, 2.45) is 5.92 Å². The van der Waals surface area contributed by atoms with Crippen molar-refractivity contribution < 1.29 is 9.18 Å². The average Bonchev–Trinajstić information content (AvgIpc) is 2.41. The van der Waals surface area contributed by atoms with Crippen LogP contribution < -0.4 is 5.32 Å². The molecule has 1 aromatic carbocycles. The first-order valence-corrected chi connectivity index (χ1v) is 6.82. The molecular weight excluding hydrogens is 279 g/mol. The first-order chi connectivity index (χ1) is 9.11. The number of halogens is 2. The number of carbonyl (C=O) groups is 1. The number of benzene rings is 1. The Morgan fingerprint density at radius 2 is 2.25 bits per heavy atom. The second-order valence-electron chi connectivity index (χ2n) is 5.28. The summed E-state index contributed by atoms with van der Waals surface area (Å²) in [6.45, 7) is 4.30. The maximum Gasteiger partial charge on any atom is 0.254 e. The monoisotopic (exact) mass is 300 g/mol. The molecular formula is C15H22ClFN2O. The Balaban J connectivity index is 0.00000200. The van der Waals surface area contributed by atoms with Gasteiger partial charge in [0.05, 0.1) is 0 Å². The molecule has 1 amide bonds. The lowest BCUT2D eigenvalue weighted by Crippen LogP contribution is -2.42. The molecule has 0 aromatic heterocycles. The molecule has 0 radical (unpaired) electrons. The minimum absolute atomic E-state index is 0. The lowest BCUT2D eigenvalue weighted by atomic mass is 9.97. The van der Waals surface area contributed by atoms with Crippen LogP contribution in [-0.2, 0) is 0 Å². The molecule has 0 aliphatic carbocycles. The van der Waals surface area contributed by atoms with Crippen LogP contribution in [0.3, 0.4) is 0 Å². The van der Waals surface area contributed by atoms with Crippen molar-refractivity contribution in [2.75, 3.05) is 26.7 Å². The Morgan fingerprint density at radius 1 is 1.50 bits per heavy atom. The van der Waals surface area contributed by atoms with Crippen molar-refractivity contribution in [3.8, 4) is 0 Å². The van der Waals surface area contributed by atoms with E-state index in [2.05, 4.69) is 5.32 Å². The van der Waals surface area contributed by atoms with Gasteiger partial charge in [-0.25, -0.2) is 4.39 Å². The quantitative estimate of drug-likeness (QED) is 0.931. The molecule has 112 valence electrons. The van der Waals surface area contributed by atoms with Gasteiger partial charge in [-0.3, -0.25) is 4.79 Å². The Morgan fingerprint density at radius 3 is 2.95 bits per heavy atom. The fourth-order valence-corrected chi connectivity index (χ4v) is 2.70. The molecule has 1 aliphatic rings. The number of aryl methyl sites for hydroxylation is 1. The molecule has 0 spiro atoms. The normalized spacial score (nSPS) is 18.6. The number of hydrogen-bond donors (Lipinski definition) is 1. The second kappa shape index (κ2) is 7.60. The van der Waals surface area contributed by atoms with E-state index in [4.69, 9.17) is 0 Å². The maximum atomic E-state index is 13.3. The predicted octanol–water partition coefficient (Wildman–Crippen LogP) is 2.63. The van der Waals surface area contributed by atoms with Crippen molar-refractivity contribution in [3.63, 3.8) is 0 Å². The third kappa shape index (κ3) is 3.93. The number of amides is 1. The summed E-state index contributed by atoms with van der Waals surface area (Å²) in [5, 5.41) is 3.16. The molecule has 0 bridgehead atoms. The van der Waals surface area contributed by atoms with E-state index in [1.54, 1.807) is 6.07 Å². The van der Waals surface area contributed by atoms with E-state index in [0.29, 0.717) is 11.5 Å². The van der Waals surface area contributed by atoms with Gasteiger partial charge in [-0.1, -0.05) is 6.07 Å². The van der Waals surface area contributed by atoms with Gasteiger partial charge in [0, 0.05) is 18.7 Å². The van der Waals surface area contributed by atoms with E-state index in [-0.39, 0.29) is 24.1 Å². The minimum Gasteiger partial charge on any atom is -0.338 e. The second-order valence-corrected chi connectivity index (χ2v) is 5.28. The van der Waals surface area contributed by atoms with Crippen molar-refractivity contribution in [3.05, 3.63) is 35.1 Å². The summed E-state index contributed by atoms with van der Waals surface area (Å²) in [7, 11) is 1.93. The van der Waals surface area contributed by atoms with E-state index >= 15 is 0 Å². The molecule has 1 atom stereocenters. The number of likely N-dealkylation sites (tertiary alicyclic amines) is 1. The number of piperidine rings is 1. The van der Waals surface area contributed by atoms with Crippen molar-refractivity contribution in [1.29, 1.82) is 0 Å². The van der Waals surface area contributed by atoms with Crippen molar-refractivity contribution >= 4 is 18.3 Å². The van der Waals surface area contributed by atoms with E-state index in [9.17, 15) is 9.18 Å². The summed E-state index contributed by atoms with van der Waals surface area (Å²) in [5.74, 6) is 0.104. The van der Waals surface area contributed by atoms with Crippen LogP contribution in [-0.4, -0.2) is 37.5 Å². The lowest BCUT2D eigenvalue weighted by Gasteiger charge is -2.33. The molecule has 1 N–H and O–H groups in total. The van der Waals surface area contributed by atoms with Gasteiger partial charge in [0.1, 0.15) is 5.82 Å². The molecule has 1 aromatic rings. The fourth-order valence-electron chi connectivity index (χ4n) is 2.70. The summed E-state index contributed by atoms with van der Waals surface area (Å²) < 4.78 is 13.3. The zero-order valence-corrected chi connectivity index (χ0v) is 12.8. The number of nitrogens with zero attached hydrogens (tertiary/aromatic N) is 1. The molecule has 3 nitrogen and oxygen atoms in total. The molecule has 0 saturated carbocycles. The summed E-state index contributed by atoms with van der Waals surface area (Å²) in [6.07, 6.45) is 2.17. The van der Waals surface area contributed by atoms with Gasteiger partial charge >= 0.3 is 0 Å². The summed E-state index contributed by atoms with van der Waals surface area (Å²) in [6, 6.07) is 4.41. The van der Waals surface area contributed by atoms with E-state index < -0.39 is 0 Å². The molecule has 20 heavy (non-hydrogen) atoms. The third-order valence-corrected chi connectivity index (χ3v) is 3.73. The third-order valence-electron chi connectivity index (χ3n) is 3.73. The van der Waals surface area contributed by atoms with Crippen LogP contribution in [0.4, 0.5) is 4.39 Å². The highest BCUT2D eigenvalue weighted by molar-refractivity contribution is 5.95. The summed E-state index contributed by atoms with van der Waals surface area (Å²) >= 11 is 0. The van der Waals surface area contributed by atoms with Crippen LogP contribution in [0.2, 0.25) is 0 Å². The molecule has 1 fully saturated rings. The van der Waals surface area contributed by atoms with Gasteiger partial charge in [0.2, 0.25) is 0 Å². The van der Waals surface area contributed by atoms with Crippen LogP contribution >= 0.6 is 12.4 Å². The van der Waals surface area contributed by atoms with Gasteiger partial charge in [0.15, 0.2) is 0 Å². The van der Waals surface area contributed by atoms with Crippen molar-refractivity contribution in [1.82, 2.24) is 10.2 Å². The van der Waals surface area contributed by atoms with Gasteiger partial charge in [0.25, 0.3) is 5.91 Å². The number of nitrogens with one attached hydrogen (secondary N) is 1. The SMILES string of the molecule is CNCC1CCCN(C(=O)c2cc(F)ccc2C)C1.Cl. The first-order valence-electron chi connectivity index (χ1n) is 6.82. The topological polar surface area (TPSA) is 32.3 Å². The average molecular weight is 301 g/mol. The van der Waals surface area contributed by atoms with Gasteiger partial charge in [-0.2, -0.15) is 0 Å². The molecule has 1 unspecified atom stereocenters. The summed E-state index contributed by atoms with van der Waals surface area (Å²) in [5.41, 5.74) is 1.33. The van der Waals surface area contributed by atoms with Gasteiger partial charge in [-0.05, 0) is 57.0 Å². The smallest absolute Gasteiger partial charge is 0.254 e. The molecule has 1 saturated heterocycles. The number of rotatable bonds is 3. The Bertz CT molecular complexity index is 465. The Hall–Kier alpha value is -1.13. The molecule has 1 heterocycles. The highest BCUT2D eigenvalue weighted by Gasteiger charge is 2.25. The van der Waals surface area contributed by atoms with E-state index in [1.165, 1.54) is 12.1 Å². The highest BCUT2D eigenvalue weighted by Crippen LogP contribution is 2.20. The zero-order valence-electron chi connectivity index (χ0n) is 12.0. The summed E-state index contributed by atoms with van der Waals surface area (Å²) in [4.78, 5) is 14.3. The number of hydrogen-bond acceptors (Lipinski definition) is 2. The van der Waals surface area contributed by atoms with Crippen molar-refractivity contribution in [2.45, 2.75) is 19.8 Å². The molecule has 2 rings (SSSR count). The fraction of sp³-hybridized carbons (Fsp3) is 0.533. The molecule has 5 heteroatoms. The van der Waals surface area contributed by atoms with E-state index in [0.717, 1.165) is 38.0 Å². The highest BCUT2D eigenvalue weighted by atomic mass is 35.5. The predicted molar refractivity (Wildman–Crippen MR) is 80.9 cm³/mol. The minimum atomic E-state index is -0.349. The largest absolute Gasteiger partial charge is 0.338 e. The molecule has 1 aliphatic heterocycles. The standard InChI is InChI=1S/C15H21FN2O.ClH/c1-11-5-6-13(16)8-14(11)15(19)18-7-3-4-12(10-18)9-17-2;/h5-6,8,12,17H,3-4,7,9-10H2,1-2H3;1H. The van der Waals surface area contributed by atoms with Crippen LogP contribution in [0.15, 0.2) is 18.2 Å². The zero-order chi connectivity index (χ0) is 13.8. The van der Waals surface area contributed by atoms with Gasteiger partial charge in [-0.15, -0.1) is 12.4 Å². The lowest BCUT2D eigenvalue weighted by molar-refractivity contribution is 0.0673. The number of carbonyl (C=O) groups excluding carboxylic acids is 1. The Kier molecular flexibility index (Phi) is 6.43. The van der Waals surface area contributed by atoms with Crippen LogP contribution in [0.25, 0.3) is 0 Å². The van der Waals surface area contributed by atoms with Gasteiger partial charge < -0.3 is 10.2 Å². The Labute approximate surface area is 125 Å². The van der Waals surface area contributed by atoms with Crippen LogP contribution in [0.5, 0.6) is 0 Å². The van der Waals surface area contributed by atoms with Crippen LogP contribution in [0.1, 0.15) is 28.8 Å². The van der Waals surface area contributed by atoms with Crippen LogP contribution in [0, 0.1) is 18.7 Å². The first kappa shape index (κ1) is 16.9.